The number of nitrogens with two attached hydrogens (primary N) is 1. The molecule has 7 heteroatoms. The van der Waals surface area contributed by atoms with Crippen LogP contribution in [0.5, 0.6) is 0 Å². The van der Waals surface area contributed by atoms with Crippen molar-refractivity contribution in [3.8, 4) is 0 Å². The highest BCUT2D eigenvalue weighted by atomic mass is 19.4. The molecular weight excluding hydrogens is 177 g/mol. The van der Waals surface area contributed by atoms with Crippen molar-refractivity contribution in [2.24, 2.45) is 5.73 Å². The SMILES string of the molecule is CC(N)(CNC(=O)O)C(F)(F)F. The summed E-state index contributed by atoms with van der Waals surface area (Å²) in [4.78, 5) is 9.84. The van der Waals surface area contributed by atoms with Crippen LogP contribution in [0.25, 0.3) is 0 Å². The average molecular weight is 186 g/mol. The Balaban J connectivity index is 4.14. The highest BCUT2D eigenvalue weighted by molar-refractivity contribution is 5.64. The van der Waals surface area contributed by atoms with Crippen molar-refractivity contribution in [2.75, 3.05) is 6.54 Å². The van der Waals surface area contributed by atoms with Crippen molar-refractivity contribution >= 4 is 6.09 Å². The molecule has 0 saturated heterocycles. The van der Waals surface area contributed by atoms with E-state index < -0.39 is 24.4 Å². The summed E-state index contributed by atoms with van der Waals surface area (Å²) in [5.74, 6) is 0. The monoisotopic (exact) mass is 186 g/mol. The maximum atomic E-state index is 11.9. The van der Waals surface area contributed by atoms with E-state index in [0.717, 1.165) is 0 Å². The minimum absolute atomic E-state index is 0.711. The van der Waals surface area contributed by atoms with Gasteiger partial charge in [0.05, 0.1) is 0 Å². The molecule has 0 aromatic rings. The molecule has 4 nitrogen and oxygen atoms in total. The summed E-state index contributed by atoms with van der Waals surface area (Å²) in [6.45, 7) is -0.144. The minimum atomic E-state index is -4.62. The van der Waals surface area contributed by atoms with Crippen LogP contribution >= 0.6 is 0 Å². The maximum absolute atomic E-state index is 11.9. The molecule has 72 valence electrons. The molecule has 0 aliphatic rings. The van der Waals surface area contributed by atoms with Gasteiger partial charge in [-0.2, -0.15) is 13.2 Å². The lowest BCUT2D eigenvalue weighted by Gasteiger charge is -2.26. The van der Waals surface area contributed by atoms with E-state index in [1.165, 1.54) is 0 Å². The fourth-order valence-electron chi connectivity index (χ4n) is 0.359. The van der Waals surface area contributed by atoms with E-state index >= 15 is 0 Å². The zero-order chi connectivity index (χ0) is 9.99. The Bertz CT molecular complexity index is 178. The van der Waals surface area contributed by atoms with E-state index in [2.05, 4.69) is 0 Å². The number of hydrogen-bond acceptors (Lipinski definition) is 2. The Hall–Kier alpha value is -0.980. The molecule has 12 heavy (non-hydrogen) atoms. The number of carboxylic acid groups (broad SMARTS) is 1. The largest absolute Gasteiger partial charge is 0.465 e. The molecule has 0 aliphatic heterocycles. The first-order valence-corrected chi connectivity index (χ1v) is 2.99. The van der Waals surface area contributed by atoms with E-state index in [9.17, 15) is 18.0 Å². The van der Waals surface area contributed by atoms with Crippen LogP contribution < -0.4 is 11.1 Å². The van der Waals surface area contributed by atoms with E-state index in [-0.39, 0.29) is 0 Å². The van der Waals surface area contributed by atoms with Gasteiger partial charge in [0.2, 0.25) is 0 Å². The Morgan fingerprint density at radius 3 is 2.25 bits per heavy atom. The smallest absolute Gasteiger partial charge is 0.407 e. The Kier molecular flexibility index (Phi) is 2.92. The third kappa shape index (κ3) is 2.95. The molecule has 0 saturated carbocycles. The summed E-state index contributed by atoms with van der Waals surface area (Å²) in [7, 11) is 0. The van der Waals surface area contributed by atoms with Crippen LogP contribution in [0, 0.1) is 0 Å². The summed E-state index contributed by atoms with van der Waals surface area (Å²) in [5.41, 5.74) is 2.27. The van der Waals surface area contributed by atoms with Crippen molar-refractivity contribution in [3.05, 3.63) is 0 Å². The van der Waals surface area contributed by atoms with Gasteiger partial charge in [-0.25, -0.2) is 4.79 Å². The molecule has 0 radical (unpaired) electrons. The van der Waals surface area contributed by atoms with Gasteiger partial charge in [-0.1, -0.05) is 0 Å². The van der Waals surface area contributed by atoms with E-state index in [4.69, 9.17) is 10.8 Å². The van der Waals surface area contributed by atoms with Gasteiger partial charge >= 0.3 is 12.3 Å². The lowest BCUT2D eigenvalue weighted by atomic mass is 10.0. The van der Waals surface area contributed by atoms with Crippen LogP contribution in [0.3, 0.4) is 0 Å². The number of carbonyl (C=O) groups is 1. The Morgan fingerprint density at radius 1 is 1.58 bits per heavy atom. The second-order valence-corrected chi connectivity index (χ2v) is 2.57. The Labute approximate surface area is 66.5 Å². The van der Waals surface area contributed by atoms with Crippen molar-refractivity contribution < 1.29 is 23.1 Å². The molecule has 0 aliphatic carbocycles. The molecule has 0 aromatic heterocycles. The second-order valence-electron chi connectivity index (χ2n) is 2.57. The zero-order valence-corrected chi connectivity index (χ0v) is 6.27. The average Bonchev–Trinajstić information content (AvgIpc) is 1.81. The highest BCUT2D eigenvalue weighted by Gasteiger charge is 2.48. The van der Waals surface area contributed by atoms with Gasteiger partial charge in [-0.05, 0) is 6.92 Å². The van der Waals surface area contributed by atoms with Gasteiger partial charge in [0.15, 0.2) is 0 Å². The van der Waals surface area contributed by atoms with Gasteiger partial charge in [0.25, 0.3) is 0 Å². The number of alkyl halides is 3. The first kappa shape index (κ1) is 11.0. The summed E-state index contributed by atoms with van der Waals surface area (Å²) < 4.78 is 35.8. The molecule has 0 spiro atoms. The van der Waals surface area contributed by atoms with E-state index in [0.29, 0.717) is 6.92 Å². The summed E-state index contributed by atoms with van der Waals surface area (Å²) in [6, 6.07) is 0. The topological polar surface area (TPSA) is 75.3 Å². The van der Waals surface area contributed by atoms with Crippen LogP contribution in [0.2, 0.25) is 0 Å². The van der Waals surface area contributed by atoms with E-state index in [1.54, 1.807) is 5.32 Å². The molecule has 1 amide bonds. The predicted octanol–water partition coefficient (Wildman–Crippen LogP) is 0.534. The van der Waals surface area contributed by atoms with Crippen LogP contribution in [0.4, 0.5) is 18.0 Å². The molecule has 4 N–H and O–H groups in total. The highest BCUT2D eigenvalue weighted by Crippen LogP contribution is 2.26. The number of amides is 1. The van der Waals surface area contributed by atoms with Crippen LogP contribution in [0.1, 0.15) is 6.92 Å². The third-order valence-corrected chi connectivity index (χ3v) is 1.25. The summed E-state index contributed by atoms with van der Waals surface area (Å²) >= 11 is 0. The predicted molar refractivity (Wildman–Crippen MR) is 34.7 cm³/mol. The normalized spacial score (nSPS) is 16.8. The van der Waals surface area contributed by atoms with Crippen molar-refractivity contribution in [1.82, 2.24) is 5.32 Å². The molecule has 0 bridgehead atoms. The van der Waals surface area contributed by atoms with Crippen molar-refractivity contribution in [3.63, 3.8) is 0 Å². The molecule has 0 aromatic carbocycles. The Morgan fingerprint density at radius 2 is 2.00 bits per heavy atom. The fourth-order valence-corrected chi connectivity index (χ4v) is 0.359. The number of nitrogens with one attached hydrogen (secondary N) is 1. The van der Waals surface area contributed by atoms with Gasteiger partial charge < -0.3 is 16.2 Å². The van der Waals surface area contributed by atoms with Gasteiger partial charge in [0.1, 0.15) is 5.54 Å². The first-order chi connectivity index (χ1) is 5.17. The number of halogens is 3. The van der Waals surface area contributed by atoms with Crippen LogP contribution in [-0.4, -0.2) is 29.5 Å². The molecule has 0 heterocycles. The number of hydrogen-bond donors (Lipinski definition) is 3. The maximum Gasteiger partial charge on any atom is 0.407 e. The quantitative estimate of drug-likeness (QED) is 0.588. The second kappa shape index (κ2) is 3.18. The lowest BCUT2D eigenvalue weighted by molar-refractivity contribution is -0.178. The summed E-state index contributed by atoms with van der Waals surface area (Å²) in [6.07, 6.45) is -6.15. The van der Waals surface area contributed by atoms with Gasteiger partial charge in [-0.3, -0.25) is 0 Å². The molecule has 1 unspecified atom stereocenters. The van der Waals surface area contributed by atoms with E-state index in [1.807, 2.05) is 0 Å². The fraction of sp³-hybridized carbons (Fsp3) is 0.800. The molecule has 1 atom stereocenters. The molecule has 0 fully saturated rings. The lowest BCUT2D eigenvalue weighted by Crippen LogP contribution is -2.57. The number of rotatable bonds is 2. The molecule has 0 rings (SSSR count). The van der Waals surface area contributed by atoms with Gasteiger partial charge in [-0.15, -0.1) is 0 Å². The molecular formula is C5H9F3N2O2. The van der Waals surface area contributed by atoms with Crippen LogP contribution in [0.15, 0.2) is 0 Å². The van der Waals surface area contributed by atoms with Crippen LogP contribution in [-0.2, 0) is 0 Å². The zero-order valence-electron chi connectivity index (χ0n) is 6.27. The van der Waals surface area contributed by atoms with Crippen molar-refractivity contribution in [1.29, 1.82) is 0 Å². The third-order valence-electron chi connectivity index (χ3n) is 1.25. The minimum Gasteiger partial charge on any atom is -0.465 e. The standard InChI is InChI=1S/C5H9F3N2O2/c1-4(9,5(6,7)8)2-10-3(11)12/h10H,2,9H2,1H3,(H,11,12). The summed E-state index contributed by atoms with van der Waals surface area (Å²) in [5, 5.41) is 9.57. The van der Waals surface area contributed by atoms with Gasteiger partial charge in [0, 0.05) is 6.54 Å². The van der Waals surface area contributed by atoms with Crippen molar-refractivity contribution in [2.45, 2.75) is 18.6 Å². The first-order valence-electron chi connectivity index (χ1n) is 2.99.